The fourth-order valence-electron chi connectivity index (χ4n) is 2.23. The zero-order valence-corrected chi connectivity index (χ0v) is 10.7. The van der Waals surface area contributed by atoms with Gasteiger partial charge in [0.1, 0.15) is 0 Å². The molecule has 18 heavy (non-hydrogen) atoms. The van der Waals surface area contributed by atoms with Crippen LogP contribution in [-0.4, -0.2) is 35.1 Å². The van der Waals surface area contributed by atoms with Crippen LogP contribution in [0.4, 0.5) is 5.69 Å². The Labute approximate surface area is 108 Å². The highest BCUT2D eigenvalue weighted by molar-refractivity contribution is 5.88. The van der Waals surface area contributed by atoms with E-state index in [1.165, 1.54) is 12.5 Å². The molecule has 0 unspecified atom stereocenters. The summed E-state index contributed by atoms with van der Waals surface area (Å²) in [5.41, 5.74) is 2.07. The molecule has 1 aromatic rings. The van der Waals surface area contributed by atoms with Crippen LogP contribution in [0.2, 0.25) is 0 Å². The minimum Gasteiger partial charge on any atom is -0.393 e. The van der Waals surface area contributed by atoms with Gasteiger partial charge in [-0.2, -0.15) is 0 Å². The van der Waals surface area contributed by atoms with Crippen LogP contribution in [0.15, 0.2) is 24.3 Å². The van der Waals surface area contributed by atoms with Gasteiger partial charge in [0, 0.05) is 32.2 Å². The Bertz CT molecular complexity index is 395. The lowest BCUT2D eigenvalue weighted by Crippen LogP contribution is -2.35. The van der Waals surface area contributed by atoms with E-state index < -0.39 is 0 Å². The number of anilines is 1. The average molecular weight is 248 g/mol. The molecule has 1 aliphatic heterocycles. The molecule has 1 fully saturated rings. The number of likely N-dealkylation sites (tertiary alicyclic amines) is 1. The molecular formula is C14H20N2O2. The normalized spacial score (nSPS) is 17.7. The summed E-state index contributed by atoms with van der Waals surface area (Å²) in [5, 5.41) is 12.2. The van der Waals surface area contributed by atoms with Gasteiger partial charge in [0.15, 0.2) is 0 Å². The van der Waals surface area contributed by atoms with E-state index in [2.05, 4.69) is 10.2 Å². The zero-order chi connectivity index (χ0) is 13.0. The third kappa shape index (κ3) is 3.82. The quantitative estimate of drug-likeness (QED) is 0.854. The van der Waals surface area contributed by atoms with Crippen LogP contribution in [-0.2, 0) is 11.3 Å². The van der Waals surface area contributed by atoms with Crippen LogP contribution >= 0.6 is 0 Å². The van der Waals surface area contributed by atoms with Crippen molar-refractivity contribution in [2.45, 2.75) is 32.4 Å². The maximum absolute atomic E-state index is 10.9. The number of carbonyl (C=O) groups excluding carboxylic acids is 1. The van der Waals surface area contributed by atoms with E-state index in [1.807, 2.05) is 24.3 Å². The van der Waals surface area contributed by atoms with Crippen LogP contribution in [0, 0.1) is 0 Å². The predicted molar refractivity (Wildman–Crippen MR) is 71.3 cm³/mol. The summed E-state index contributed by atoms with van der Waals surface area (Å²) in [6.07, 6.45) is 1.61. The van der Waals surface area contributed by atoms with Gasteiger partial charge in [0.05, 0.1) is 6.10 Å². The standard InChI is InChI=1S/C14H20N2O2/c1-11(17)15-13-4-2-12(3-5-13)10-16-8-6-14(18)7-9-16/h2-5,14,18H,6-10H2,1H3,(H,15,17). The van der Waals surface area contributed by atoms with Gasteiger partial charge < -0.3 is 10.4 Å². The van der Waals surface area contributed by atoms with Crippen molar-refractivity contribution in [3.8, 4) is 0 Å². The molecule has 0 radical (unpaired) electrons. The summed E-state index contributed by atoms with van der Waals surface area (Å²) in [6.45, 7) is 4.32. The Kier molecular flexibility index (Phi) is 4.33. The smallest absolute Gasteiger partial charge is 0.221 e. The van der Waals surface area contributed by atoms with E-state index in [4.69, 9.17) is 0 Å². The predicted octanol–water partition coefficient (Wildman–Crippen LogP) is 1.60. The van der Waals surface area contributed by atoms with Gasteiger partial charge in [0.25, 0.3) is 0 Å². The molecule has 0 saturated carbocycles. The van der Waals surface area contributed by atoms with Crippen molar-refractivity contribution < 1.29 is 9.90 Å². The fraction of sp³-hybridized carbons (Fsp3) is 0.500. The topological polar surface area (TPSA) is 52.6 Å². The first-order valence-corrected chi connectivity index (χ1v) is 6.40. The highest BCUT2D eigenvalue weighted by Crippen LogP contribution is 2.15. The molecule has 2 N–H and O–H groups in total. The minimum absolute atomic E-state index is 0.0484. The van der Waals surface area contributed by atoms with Gasteiger partial charge >= 0.3 is 0 Å². The number of hydrogen-bond donors (Lipinski definition) is 2. The first-order valence-electron chi connectivity index (χ1n) is 6.40. The van der Waals surface area contributed by atoms with Gasteiger partial charge in [-0.1, -0.05) is 12.1 Å². The van der Waals surface area contributed by atoms with Crippen molar-refractivity contribution in [1.29, 1.82) is 0 Å². The number of piperidine rings is 1. The maximum Gasteiger partial charge on any atom is 0.221 e. The zero-order valence-electron chi connectivity index (χ0n) is 10.7. The lowest BCUT2D eigenvalue weighted by atomic mass is 10.1. The average Bonchev–Trinajstić information content (AvgIpc) is 2.34. The van der Waals surface area contributed by atoms with Crippen molar-refractivity contribution in [3.05, 3.63) is 29.8 Å². The highest BCUT2D eigenvalue weighted by Gasteiger charge is 2.16. The van der Waals surface area contributed by atoms with Gasteiger partial charge in [-0.15, -0.1) is 0 Å². The van der Waals surface area contributed by atoms with Crippen molar-refractivity contribution in [2.75, 3.05) is 18.4 Å². The molecule has 1 amide bonds. The van der Waals surface area contributed by atoms with Crippen molar-refractivity contribution in [2.24, 2.45) is 0 Å². The van der Waals surface area contributed by atoms with Gasteiger partial charge in [-0.05, 0) is 30.5 Å². The lowest BCUT2D eigenvalue weighted by molar-refractivity contribution is -0.114. The van der Waals surface area contributed by atoms with E-state index in [9.17, 15) is 9.90 Å². The third-order valence-electron chi connectivity index (χ3n) is 3.24. The van der Waals surface area contributed by atoms with E-state index in [-0.39, 0.29) is 12.0 Å². The first kappa shape index (κ1) is 13.1. The summed E-state index contributed by atoms with van der Waals surface area (Å²) < 4.78 is 0. The van der Waals surface area contributed by atoms with Crippen molar-refractivity contribution in [3.63, 3.8) is 0 Å². The second-order valence-corrected chi connectivity index (χ2v) is 4.89. The number of amides is 1. The number of carbonyl (C=O) groups is 1. The van der Waals surface area contributed by atoms with Crippen LogP contribution in [0.25, 0.3) is 0 Å². The largest absolute Gasteiger partial charge is 0.393 e. The molecule has 1 aliphatic rings. The second kappa shape index (κ2) is 5.98. The lowest BCUT2D eigenvalue weighted by Gasteiger charge is -2.29. The number of rotatable bonds is 3. The molecule has 1 heterocycles. The SMILES string of the molecule is CC(=O)Nc1ccc(CN2CCC(O)CC2)cc1. The molecule has 0 spiro atoms. The Morgan fingerprint density at radius 1 is 1.33 bits per heavy atom. The minimum atomic E-state index is -0.122. The molecule has 0 bridgehead atoms. The fourth-order valence-corrected chi connectivity index (χ4v) is 2.23. The number of nitrogens with zero attached hydrogens (tertiary/aromatic N) is 1. The van der Waals surface area contributed by atoms with E-state index in [0.29, 0.717) is 0 Å². The number of hydrogen-bond acceptors (Lipinski definition) is 3. The molecule has 1 saturated heterocycles. The summed E-state index contributed by atoms with van der Waals surface area (Å²) in [4.78, 5) is 13.3. The van der Waals surface area contributed by atoms with Gasteiger partial charge in [0.2, 0.25) is 5.91 Å². The Hall–Kier alpha value is -1.39. The Balaban J connectivity index is 1.88. The second-order valence-electron chi connectivity index (χ2n) is 4.89. The maximum atomic E-state index is 10.9. The van der Waals surface area contributed by atoms with E-state index in [1.54, 1.807) is 0 Å². The summed E-state index contributed by atoms with van der Waals surface area (Å²) in [7, 11) is 0. The first-order chi connectivity index (χ1) is 8.63. The Morgan fingerprint density at radius 3 is 2.50 bits per heavy atom. The van der Waals surface area contributed by atoms with Gasteiger partial charge in [-0.3, -0.25) is 9.69 Å². The van der Waals surface area contributed by atoms with Crippen molar-refractivity contribution in [1.82, 2.24) is 4.90 Å². The number of aliphatic hydroxyl groups excluding tert-OH is 1. The van der Waals surface area contributed by atoms with Crippen LogP contribution in [0.1, 0.15) is 25.3 Å². The van der Waals surface area contributed by atoms with Crippen molar-refractivity contribution >= 4 is 11.6 Å². The monoisotopic (exact) mass is 248 g/mol. The number of nitrogens with one attached hydrogen (secondary N) is 1. The molecule has 0 aromatic heterocycles. The van der Waals surface area contributed by atoms with E-state index >= 15 is 0 Å². The molecule has 0 aliphatic carbocycles. The molecule has 0 atom stereocenters. The molecule has 4 nitrogen and oxygen atoms in total. The molecule has 4 heteroatoms. The van der Waals surface area contributed by atoms with Gasteiger partial charge in [-0.25, -0.2) is 0 Å². The van der Waals surface area contributed by atoms with Crippen LogP contribution < -0.4 is 5.32 Å². The summed E-state index contributed by atoms with van der Waals surface area (Å²) >= 11 is 0. The number of benzene rings is 1. The molecule has 2 rings (SSSR count). The molecular weight excluding hydrogens is 228 g/mol. The highest BCUT2D eigenvalue weighted by atomic mass is 16.3. The summed E-state index contributed by atoms with van der Waals surface area (Å²) in [6, 6.07) is 7.93. The third-order valence-corrected chi connectivity index (χ3v) is 3.24. The Morgan fingerprint density at radius 2 is 1.94 bits per heavy atom. The van der Waals surface area contributed by atoms with E-state index in [0.717, 1.165) is 38.2 Å². The number of aliphatic hydroxyl groups is 1. The molecule has 1 aromatic carbocycles. The van der Waals surface area contributed by atoms with Crippen LogP contribution in [0.3, 0.4) is 0 Å². The summed E-state index contributed by atoms with van der Waals surface area (Å²) in [5.74, 6) is -0.0484. The van der Waals surface area contributed by atoms with Crippen LogP contribution in [0.5, 0.6) is 0 Å². The molecule has 98 valence electrons.